The minimum Gasteiger partial charge on any atom is -0.337 e. The maximum Gasteiger partial charge on any atom is 0.253 e. The first-order chi connectivity index (χ1) is 12.9. The van der Waals surface area contributed by atoms with Crippen LogP contribution in [0.4, 0.5) is 4.39 Å². The molecule has 0 aliphatic carbocycles. The number of hydrogen-bond donors (Lipinski definition) is 1. The van der Waals surface area contributed by atoms with E-state index in [0.717, 1.165) is 17.7 Å². The Labute approximate surface area is 158 Å². The van der Waals surface area contributed by atoms with Gasteiger partial charge in [0.15, 0.2) is 0 Å². The fourth-order valence-electron chi connectivity index (χ4n) is 3.06. The van der Waals surface area contributed by atoms with Crippen LogP contribution in [-0.2, 0) is 16.6 Å². The maximum atomic E-state index is 13.1. The standard InChI is InChI=1S/C19H22FN3O3S/c20-17-6-8-18(9-7-17)27(25,26)23-11-1-10-22(12-13-23)19(24)16-4-2-15(14-21)3-5-16/h2-9H,1,10-14,21H2. The molecule has 1 aliphatic rings. The first-order valence-corrected chi connectivity index (χ1v) is 10.2. The Bertz CT molecular complexity index is 899. The van der Waals surface area contributed by atoms with Crippen LogP contribution in [0.3, 0.4) is 0 Å². The average Bonchev–Trinajstić information content (AvgIpc) is 2.94. The van der Waals surface area contributed by atoms with Crippen LogP contribution in [0.15, 0.2) is 53.4 Å². The highest BCUT2D eigenvalue weighted by Gasteiger charge is 2.28. The SMILES string of the molecule is NCc1ccc(C(=O)N2CCCN(S(=O)(=O)c3ccc(F)cc3)CC2)cc1. The predicted octanol–water partition coefficient (Wildman–Crippen LogP) is 1.82. The summed E-state index contributed by atoms with van der Waals surface area (Å²) in [6.07, 6.45) is 0.535. The molecule has 8 heteroatoms. The van der Waals surface area contributed by atoms with Crippen molar-refractivity contribution >= 4 is 15.9 Å². The number of carbonyl (C=O) groups is 1. The number of halogens is 1. The molecule has 1 aliphatic heterocycles. The van der Waals surface area contributed by atoms with Crippen LogP contribution >= 0.6 is 0 Å². The van der Waals surface area contributed by atoms with Crippen molar-refractivity contribution in [1.29, 1.82) is 0 Å². The van der Waals surface area contributed by atoms with Crippen LogP contribution < -0.4 is 5.73 Å². The molecule has 0 saturated carbocycles. The van der Waals surface area contributed by atoms with Crippen LogP contribution in [0.2, 0.25) is 0 Å². The summed E-state index contributed by atoms with van der Waals surface area (Å²) < 4.78 is 39.9. The molecule has 1 heterocycles. The second kappa shape index (κ2) is 8.16. The molecule has 2 aromatic carbocycles. The molecule has 0 aromatic heterocycles. The topological polar surface area (TPSA) is 83.7 Å². The highest BCUT2D eigenvalue weighted by Crippen LogP contribution is 2.19. The van der Waals surface area contributed by atoms with E-state index in [9.17, 15) is 17.6 Å². The van der Waals surface area contributed by atoms with Gasteiger partial charge in [-0.3, -0.25) is 4.79 Å². The number of rotatable bonds is 4. The van der Waals surface area contributed by atoms with Crippen LogP contribution in [0.1, 0.15) is 22.3 Å². The molecule has 0 radical (unpaired) electrons. The lowest BCUT2D eigenvalue weighted by molar-refractivity contribution is 0.0764. The molecule has 2 N–H and O–H groups in total. The van der Waals surface area contributed by atoms with E-state index in [-0.39, 0.29) is 17.3 Å². The van der Waals surface area contributed by atoms with Gasteiger partial charge in [-0.1, -0.05) is 12.1 Å². The summed E-state index contributed by atoms with van der Waals surface area (Å²) >= 11 is 0. The van der Waals surface area contributed by atoms with E-state index < -0.39 is 15.8 Å². The molecule has 1 saturated heterocycles. The van der Waals surface area contributed by atoms with Gasteiger partial charge in [-0.15, -0.1) is 0 Å². The van der Waals surface area contributed by atoms with Crippen molar-refractivity contribution < 1.29 is 17.6 Å². The largest absolute Gasteiger partial charge is 0.337 e. The van der Waals surface area contributed by atoms with Crippen LogP contribution in [0.5, 0.6) is 0 Å². The molecular weight excluding hydrogens is 369 g/mol. The average molecular weight is 391 g/mol. The van der Waals surface area contributed by atoms with Crippen molar-refractivity contribution in [2.24, 2.45) is 5.73 Å². The van der Waals surface area contributed by atoms with Crippen molar-refractivity contribution in [2.45, 2.75) is 17.9 Å². The van der Waals surface area contributed by atoms with E-state index >= 15 is 0 Å². The van der Waals surface area contributed by atoms with Gasteiger partial charge in [0.05, 0.1) is 4.90 Å². The third-order valence-electron chi connectivity index (χ3n) is 4.63. The zero-order chi connectivity index (χ0) is 19.4. The second-order valence-corrected chi connectivity index (χ2v) is 8.34. The molecule has 0 atom stereocenters. The van der Waals surface area contributed by atoms with Gasteiger partial charge in [0, 0.05) is 38.3 Å². The van der Waals surface area contributed by atoms with Crippen molar-refractivity contribution in [1.82, 2.24) is 9.21 Å². The Morgan fingerprint density at radius 2 is 1.63 bits per heavy atom. The van der Waals surface area contributed by atoms with Crippen molar-refractivity contribution in [3.8, 4) is 0 Å². The lowest BCUT2D eigenvalue weighted by atomic mass is 10.1. The molecule has 1 fully saturated rings. The summed E-state index contributed by atoms with van der Waals surface area (Å²) in [5, 5.41) is 0. The highest BCUT2D eigenvalue weighted by molar-refractivity contribution is 7.89. The van der Waals surface area contributed by atoms with Gasteiger partial charge in [0.25, 0.3) is 5.91 Å². The molecule has 3 rings (SSSR count). The molecule has 0 spiro atoms. The third kappa shape index (κ3) is 4.35. The predicted molar refractivity (Wildman–Crippen MR) is 100 cm³/mol. The van der Waals surface area contributed by atoms with Gasteiger partial charge in [-0.25, -0.2) is 12.8 Å². The molecule has 1 amide bonds. The quantitative estimate of drug-likeness (QED) is 0.862. The van der Waals surface area contributed by atoms with Gasteiger partial charge in [-0.2, -0.15) is 4.31 Å². The first-order valence-electron chi connectivity index (χ1n) is 8.76. The Morgan fingerprint density at radius 3 is 2.26 bits per heavy atom. The van der Waals surface area contributed by atoms with E-state index in [0.29, 0.717) is 38.2 Å². The number of hydrogen-bond acceptors (Lipinski definition) is 4. The third-order valence-corrected chi connectivity index (χ3v) is 6.54. The van der Waals surface area contributed by atoms with E-state index in [1.165, 1.54) is 16.4 Å². The van der Waals surface area contributed by atoms with Crippen molar-refractivity contribution in [2.75, 3.05) is 26.2 Å². The van der Waals surface area contributed by atoms with E-state index in [2.05, 4.69) is 0 Å². The van der Waals surface area contributed by atoms with Crippen LogP contribution in [0.25, 0.3) is 0 Å². The molecule has 6 nitrogen and oxygen atoms in total. The molecule has 0 bridgehead atoms. The van der Waals surface area contributed by atoms with Crippen LogP contribution in [-0.4, -0.2) is 49.7 Å². The van der Waals surface area contributed by atoms with Crippen molar-refractivity contribution in [3.63, 3.8) is 0 Å². The summed E-state index contributed by atoms with van der Waals surface area (Å²) in [5.74, 6) is -0.609. The first kappa shape index (κ1) is 19.5. The lowest BCUT2D eigenvalue weighted by Gasteiger charge is -2.22. The van der Waals surface area contributed by atoms with E-state index in [1.54, 1.807) is 17.0 Å². The zero-order valence-electron chi connectivity index (χ0n) is 14.8. The van der Waals surface area contributed by atoms with Gasteiger partial charge in [-0.05, 0) is 48.4 Å². The Balaban J connectivity index is 1.71. The van der Waals surface area contributed by atoms with Crippen molar-refractivity contribution in [3.05, 3.63) is 65.5 Å². The number of amides is 1. The summed E-state index contributed by atoms with van der Waals surface area (Å²) in [5.41, 5.74) is 7.07. The molecule has 2 aromatic rings. The van der Waals surface area contributed by atoms with Gasteiger partial charge >= 0.3 is 0 Å². The Hall–Kier alpha value is -2.29. The minimum absolute atomic E-state index is 0.0565. The summed E-state index contributed by atoms with van der Waals surface area (Å²) in [6.45, 7) is 1.71. The zero-order valence-corrected chi connectivity index (χ0v) is 15.7. The monoisotopic (exact) mass is 391 g/mol. The minimum atomic E-state index is -3.71. The molecular formula is C19H22FN3O3S. The summed E-state index contributed by atoms with van der Waals surface area (Å²) in [4.78, 5) is 14.4. The fraction of sp³-hybridized carbons (Fsp3) is 0.316. The normalized spacial score (nSPS) is 16.1. The van der Waals surface area contributed by atoms with Gasteiger partial charge < -0.3 is 10.6 Å². The Kier molecular flexibility index (Phi) is 5.88. The number of benzene rings is 2. The van der Waals surface area contributed by atoms with E-state index in [4.69, 9.17) is 5.73 Å². The lowest BCUT2D eigenvalue weighted by Crippen LogP contribution is -2.37. The second-order valence-electron chi connectivity index (χ2n) is 6.40. The molecule has 144 valence electrons. The van der Waals surface area contributed by atoms with Gasteiger partial charge in [0.2, 0.25) is 10.0 Å². The fourth-order valence-corrected chi connectivity index (χ4v) is 4.53. The van der Waals surface area contributed by atoms with Crippen LogP contribution in [0, 0.1) is 5.82 Å². The molecule has 27 heavy (non-hydrogen) atoms. The summed E-state index contributed by atoms with van der Waals surface area (Å²) in [7, 11) is -3.71. The van der Waals surface area contributed by atoms with E-state index in [1.807, 2.05) is 12.1 Å². The number of carbonyl (C=O) groups excluding carboxylic acids is 1. The number of nitrogens with two attached hydrogens (primary N) is 1. The Morgan fingerprint density at radius 1 is 0.963 bits per heavy atom. The molecule has 0 unspecified atom stereocenters. The number of nitrogens with zero attached hydrogens (tertiary/aromatic N) is 2. The highest BCUT2D eigenvalue weighted by atomic mass is 32.2. The maximum absolute atomic E-state index is 13.1. The number of sulfonamides is 1. The van der Waals surface area contributed by atoms with Gasteiger partial charge in [0.1, 0.15) is 5.82 Å². The smallest absolute Gasteiger partial charge is 0.253 e. The summed E-state index contributed by atoms with van der Waals surface area (Å²) in [6, 6.07) is 11.9.